The van der Waals surface area contributed by atoms with Gasteiger partial charge in [0.1, 0.15) is 0 Å². The Morgan fingerprint density at radius 3 is 1.51 bits per heavy atom. The average molecular weight is 925 g/mol. The first kappa shape index (κ1) is 38.8. The van der Waals surface area contributed by atoms with Crippen molar-refractivity contribution in [2.45, 2.75) is 17.7 Å². The van der Waals surface area contributed by atoms with Gasteiger partial charge in [0.25, 0.3) is 0 Å². The van der Waals surface area contributed by atoms with E-state index < -0.39 is 0 Å². The molecule has 0 fully saturated rings. The van der Waals surface area contributed by atoms with Crippen molar-refractivity contribution in [2.24, 2.45) is 0 Å². The third-order valence-corrected chi connectivity index (χ3v) is 17.7. The smallest absolute Gasteiger partial charge is 0.0619 e. The van der Waals surface area contributed by atoms with Crippen LogP contribution in [0.15, 0.2) is 228 Å². The van der Waals surface area contributed by atoms with Crippen molar-refractivity contribution < 1.29 is 0 Å². The number of allylic oxidation sites excluding steroid dienone is 3. The Bertz CT molecular complexity index is 4510. The first-order valence-corrected chi connectivity index (χ1v) is 25.9. The molecule has 2 nitrogen and oxygen atoms in total. The monoisotopic (exact) mass is 924 g/mol. The van der Waals surface area contributed by atoms with Gasteiger partial charge in [-0.25, -0.2) is 0 Å². The zero-order chi connectivity index (χ0) is 45.6. The van der Waals surface area contributed by atoms with E-state index in [0.717, 1.165) is 12.8 Å². The summed E-state index contributed by atoms with van der Waals surface area (Å²) in [4.78, 5) is 2.74. The number of benzene rings is 11. The maximum atomic E-state index is 2.53. The van der Waals surface area contributed by atoms with Gasteiger partial charge in [0.05, 0.1) is 27.8 Å². The van der Waals surface area contributed by atoms with Crippen molar-refractivity contribution in [1.82, 2.24) is 9.13 Å². The summed E-state index contributed by atoms with van der Waals surface area (Å²) in [7, 11) is 0. The fraction of sp³-hybridized carbons (Fsp3) is 0.0303. The molecule has 0 atom stereocenters. The molecule has 11 aromatic carbocycles. The van der Waals surface area contributed by atoms with Gasteiger partial charge in [-0.1, -0.05) is 169 Å². The number of thioether (sulfide) groups is 1. The lowest BCUT2D eigenvalue weighted by molar-refractivity contribution is 1.07. The Hall–Kier alpha value is -8.15. The Balaban J connectivity index is 0.822. The summed E-state index contributed by atoms with van der Waals surface area (Å²) in [6.07, 6.45) is 4.53. The molecule has 2 aliphatic rings. The second kappa shape index (κ2) is 14.7. The van der Waals surface area contributed by atoms with Gasteiger partial charge in [0.15, 0.2) is 0 Å². The topological polar surface area (TPSA) is 9.86 Å². The van der Waals surface area contributed by atoms with E-state index in [0.29, 0.717) is 0 Å². The van der Waals surface area contributed by atoms with Crippen LogP contribution >= 0.6 is 23.1 Å². The van der Waals surface area contributed by atoms with Crippen molar-refractivity contribution in [3.63, 3.8) is 0 Å². The summed E-state index contributed by atoms with van der Waals surface area (Å²) in [5.74, 6) is 0. The predicted molar refractivity (Wildman–Crippen MR) is 302 cm³/mol. The molecule has 0 radical (unpaired) electrons. The molecule has 1 aliphatic heterocycles. The second-order valence-corrected chi connectivity index (χ2v) is 21.2. The SMILES string of the molecule is C1=C(c2ccc(-n3c4ccccc4c4ccccc43)cc2)CCC2=C1Sc1cccc3c1c2cc1sc2cc(-c4c5ccccc5c(-n5c6ccccc6c6ccccc65)c5ccccc45)ccc2c13. The van der Waals surface area contributed by atoms with E-state index in [4.69, 9.17) is 0 Å². The second-order valence-electron chi connectivity index (χ2n) is 19.0. The van der Waals surface area contributed by atoms with Crippen molar-refractivity contribution >= 4 is 130 Å². The van der Waals surface area contributed by atoms with Crippen molar-refractivity contribution in [2.75, 3.05) is 0 Å². The molecule has 0 saturated heterocycles. The number of fused-ring (bicyclic) bond motifs is 13. The van der Waals surface area contributed by atoms with Crippen molar-refractivity contribution in [3.05, 3.63) is 234 Å². The fourth-order valence-electron chi connectivity index (χ4n) is 12.4. The Kier molecular flexibility index (Phi) is 8.13. The molecule has 1 aliphatic carbocycles. The van der Waals surface area contributed by atoms with Crippen LogP contribution in [0.3, 0.4) is 0 Å². The minimum absolute atomic E-state index is 1.02. The van der Waals surface area contributed by atoms with Crippen molar-refractivity contribution in [3.8, 4) is 22.5 Å². The molecule has 0 bridgehead atoms. The largest absolute Gasteiger partial charge is 0.309 e. The van der Waals surface area contributed by atoms with Gasteiger partial charge in [-0.05, 0) is 123 Å². The molecule has 0 N–H and O–H groups in total. The van der Waals surface area contributed by atoms with Gasteiger partial charge in [-0.2, -0.15) is 0 Å². The molecule has 0 saturated carbocycles. The molecule has 70 heavy (non-hydrogen) atoms. The Labute approximate surface area is 411 Å². The summed E-state index contributed by atoms with van der Waals surface area (Å²) >= 11 is 3.90. The van der Waals surface area contributed by atoms with E-state index in [1.807, 2.05) is 23.1 Å². The summed E-state index contributed by atoms with van der Waals surface area (Å²) in [6, 6.07) is 79.4. The summed E-state index contributed by atoms with van der Waals surface area (Å²) in [5.41, 5.74) is 15.5. The minimum Gasteiger partial charge on any atom is -0.309 e. The molecule has 16 rings (SSSR count). The molecular formula is C66H40N2S2. The van der Waals surface area contributed by atoms with E-state index in [1.54, 1.807) is 0 Å². The highest BCUT2D eigenvalue weighted by atomic mass is 32.2. The lowest BCUT2D eigenvalue weighted by Gasteiger charge is -2.27. The molecule has 4 heterocycles. The fourth-order valence-corrected chi connectivity index (χ4v) is 14.9. The Morgan fingerprint density at radius 2 is 0.900 bits per heavy atom. The molecule has 4 heteroatoms. The average Bonchev–Trinajstić information content (AvgIpc) is 4.08. The standard InChI is InChI=1S/C66H40N2S2/c1-3-20-50-48(18-1)63(49-19-2-4-21-51(49)66(50)68-57-25-11-7-16-45(57)46-17-8-12-26-58(46)68)41-31-35-52-61(37-41)70-62-38-54-47-34-30-40(36-60(47)69-59-27-13-22-53(64(52)62)65(54)59)39-28-32-42(33-29-39)67-55-23-9-5-14-43(55)44-15-6-10-24-56(44)67/h1-29,31-33,35-38H,30,34H2. The van der Waals surface area contributed by atoms with Gasteiger partial charge >= 0.3 is 0 Å². The molecule has 0 unspecified atom stereocenters. The molecular weight excluding hydrogens is 885 g/mol. The zero-order valence-corrected chi connectivity index (χ0v) is 39.5. The minimum atomic E-state index is 1.02. The molecule has 0 spiro atoms. The number of hydrogen-bond acceptors (Lipinski definition) is 2. The lowest BCUT2D eigenvalue weighted by atomic mass is 9.86. The molecule has 326 valence electrons. The van der Waals surface area contributed by atoms with Crippen LogP contribution in [0, 0.1) is 0 Å². The van der Waals surface area contributed by atoms with Crippen LogP contribution in [-0.2, 0) is 0 Å². The van der Waals surface area contributed by atoms with Crippen LogP contribution in [0.25, 0.3) is 130 Å². The van der Waals surface area contributed by atoms with E-state index >= 15 is 0 Å². The van der Waals surface area contributed by atoms with E-state index in [9.17, 15) is 0 Å². The van der Waals surface area contributed by atoms with Crippen molar-refractivity contribution in [1.29, 1.82) is 0 Å². The predicted octanol–water partition coefficient (Wildman–Crippen LogP) is 19.1. The van der Waals surface area contributed by atoms with Gasteiger partial charge in [-0.3, -0.25) is 0 Å². The summed E-state index contributed by atoms with van der Waals surface area (Å²) < 4.78 is 7.60. The van der Waals surface area contributed by atoms with Crippen LogP contribution in [0.1, 0.15) is 24.0 Å². The highest BCUT2D eigenvalue weighted by Crippen LogP contribution is 2.54. The maximum Gasteiger partial charge on any atom is 0.0619 e. The molecule has 14 aromatic rings. The maximum absolute atomic E-state index is 2.53. The number of thiophene rings is 1. The van der Waals surface area contributed by atoms with Gasteiger partial charge in [0.2, 0.25) is 0 Å². The molecule has 3 aromatic heterocycles. The van der Waals surface area contributed by atoms with E-state index in [2.05, 4.69) is 228 Å². The number of para-hydroxylation sites is 4. The van der Waals surface area contributed by atoms with Gasteiger partial charge in [-0.15, -0.1) is 11.3 Å². The summed E-state index contributed by atoms with van der Waals surface area (Å²) in [5, 5.41) is 15.7. The first-order chi connectivity index (χ1) is 34.7. The highest BCUT2D eigenvalue weighted by molar-refractivity contribution is 8.03. The van der Waals surface area contributed by atoms with Crippen LogP contribution in [-0.4, -0.2) is 9.13 Å². The lowest BCUT2D eigenvalue weighted by Crippen LogP contribution is -2.03. The quantitative estimate of drug-likeness (QED) is 0.160. The van der Waals surface area contributed by atoms with Crippen LogP contribution in [0.4, 0.5) is 0 Å². The number of hydrogen-bond donors (Lipinski definition) is 0. The number of rotatable bonds is 4. The molecule has 0 amide bonds. The van der Waals surface area contributed by atoms with Crippen LogP contribution in [0.2, 0.25) is 0 Å². The first-order valence-electron chi connectivity index (χ1n) is 24.3. The third-order valence-electron chi connectivity index (χ3n) is 15.4. The third kappa shape index (κ3) is 5.40. The van der Waals surface area contributed by atoms with Gasteiger partial charge in [0, 0.05) is 73.4 Å². The highest BCUT2D eigenvalue weighted by Gasteiger charge is 2.27. The zero-order valence-electron chi connectivity index (χ0n) is 37.9. The normalized spacial score (nSPS) is 13.9. The van der Waals surface area contributed by atoms with Crippen LogP contribution < -0.4 is 0 Å². The summed E-state index contributed by atoms with van der Waals surface area (Å²) in [6.45, 7) is 0. The Morgan fingerprint density at radius 1 is 0.371 bits per heavy atom. The number of aromatic nitrogens is 2. The number of nitrogens with zero attached hydrogens (tertiary/aromatic N) is 2. The van der Waals surface area contributed by atoms with Crippen LogP contribution in [0.5, 0.6) is 0 Å². The van der Waals surface area contributed by atoms with Gasteiger partial charge < -0.3 is 9.13 Å². The van der Waals surface area contributed by atoms with E-state index in [-0.39, 0.29) is 0 Å². The van der Waals surface area contributed by atoms with E-state index in [1.165, 1.54) is 151 Å².